The number of anilines is 1. The van der Waals surface area contributed by atoms with Crippen molar-refractivity contribution in [2.24, 2.45) is 0 Å². The second kappa shape index (κ2) is 6.65. The van der Waals surface area contributed by atoms with Gasteiger partial charge in [0.25, 0.3) is 0 Å². The molecule has 29 heavy (non-hydrogen) atoms. The third kappa shape index (κ3) is 3.47. The van der Waals surface area contributed by atoms with E-state index in [9.17, 15) is 26.8 Å². The molecule has 1 saturated heterocycles. The lowest BCUT2D eigenvalue weighted by Crippen LogP contribution is -2.55. The fourth-order valence-electron chi connectivity index (χ4n) is 3.73. The minimum absolute atomic E-state index is 0.0683. The van der Waals surface area contributed by atoms with Crippen molar-refractivity contribution >= 4 is 27.3 Å². The lowest BCUT2D eigenvalue weighted by molar-refractivity contribution is -0.193. The van der Waals surface area contributed by atoms with Gasteiger partial charge in [-0.2, -0.15) is 8.78 Å². The van der Waals surface area contributed by atoms with Gasteiger partial charge < -0.3 is 9.64 Å². The highest BCUT2D eigenvalue weighted by Gasteiger charge is 2.52. The van der Waals surface area contributed by atoms with Gasteiger partial charge >= 0.3 is 12.0 Å². The average molecular weight is 430 g/mol. The zero-order chi connectivity index (χ0) is 21.8. The number of nitrogens with zero attached hydrogens (tertiary/aromatic N) is 2. The molecule has 0 saturated carbocycles. The molecule has 0 N–H and O–H groups in total. The standard InChI is InChI=1S/C19H24F2N2O5S/c1-17(2)9-10-22(12-18(3,4)29(17,26)27)15(24)11-23-13-7-5-6-8-14(13)28-19(20,21)16(23)25/h5-8H,9-12H2,1-4H3. The Morgan fingerprint density at radius 1 is 1.14 bits per heavy atom. The second-order valence-corrected chi connectivity index (χ2v) is 11.8. The van der Waals surface area contributed by atoms with Crippen LogP contribution in [0.25, 0.3) is 0 Å². The average Bonchev–Trinajstić information content (AvgIpc) is 2.67. The number of rotatable bonds is 2. The first-order valence-electron chi connectivity index (χ1n) is 9.19. The first-order chi connectivity index (χ1) is 13.2. The van der Waals surface area contributed by atoms with Crippen molar-refractivity contribution in [3.63, 3.8) is 0 Å². The number of fused-ring (bicyclic) bond motifs is 1. The topological polar surface area (TPSA) is 84.0 Å². The summed E-state index contributed by atoms with van der Waals surface area (Å²) in [5, 5.41) is 0. The summed E-state index contributed by atoms with van der Waals surface area (Å²) in [5.74, 6) is -2.44. The van der Waals surface area contributed by atoms with E-state index in [-0.39, 0.29) is 30.9 Å². The van der Waals surface area contributed by atoms with Crippen LogP contribution in [-0.2, 0) is 19.4 Å². The Kier molecular flexibility index (Phi) is 4.92. The Balaban J connectivity index is 1.90. The highest BCUT2D eigenvalue weighted by atomic mass is 32.2. The molecule has 0 unspecified atom stereocenters. The maximum atomic E-state index is 14.0. The van der Waals surface area contributed by atoms with Crippen molar-refractivity contribution in [3.05, 3.63) is 24.3 Å². The molecule has 0 atom stereocenters. The van der Waals surface area contributed by atoms with Crippen LogP contribution in [0.1, 0.15) is 34.1 Å². The van der Waals surface area contributed by atoms with Gasteiger partial charge in [0.1, 0.15) is 6.54 Å². The normalized spacial score (nSPS) is 24.3. The number of alkyl halides is 2. The number of para-hydroxylation sites is 2. The summed E-state index contributed by atoms with van der Waals surface area (Å²) in [7, 11) is -3.57. The number of carbonyl (C=O) groups excluding carboxylic acids is 2. The fourth-order valence-corrected chi connectivity index (χ4v) is 5.91. The molecule has 10 heteroatoms. The van der Waals surface area contributed by atoms with Gasteiger partial charge in [0.15, 0.2) is 15.6 Å². The van der Waals surface area contributed by atoms with Crippen LogP contribution in [0.5, 0.6) is 5.75 Å². The molecule has 1 fully saturated rings. The number of amides is 2. The van der Waals surface area contributed by atoms with Crippen LogP contribution in [0.4, 0.5) is 14.5 Å². The van der Waals surface area contributed by atoms with Gasteiger partial charge in [0, 0.05) is 13.1 Å². The van der Waals surface area contributed by atoms with Crippen LogP contribution in [0.15, 0.2) is 24.3 Å². The number of ether oxygens (including phenoxy) is 1. The number of hydrogen-bond donors (Lipinski definition) is 0. The van der Waals surface area contributed by atoms with Crippen LogP contribution >= 0.6 is 0 Å². The van der Waals surface area contributed by atoms with E-state index in [1.165, 1.54) is 23.1 Å². The number of sulfone groups is 1. The molecular formula is C19H24F2N2O5S. The zero-order valence-corrected chi connectivity index (χ0v) is 17.6. The van der Waals surface area contributed by atoms with Crippen molar-refractivity contribution in [2.45, 2.75) is 49.7 Å². The van der Waals surface area contributed by atoms with Crippen LogP contribution in [0, 0.1) is 0 Å². The van der Waals surface area contributed by atoms with Crippen molar-refractivity contribution in [1.29, 1.82) is 0 Å². The summed E-state index contributed by atoms with van der Waals surface area (Å²) >= 11 is 0. The molecule has 0 bridgehead atoms. The molecule has 0 aliphatic carbocycles. The zero-order valence-electron chi connectivity index (χ0n) is 16.7. The number of carbonyl (C=O) groups is 2. The summed E-state index contributed by atoms with van der Waals surface area (Å²) in [6, 6.07) is 5.72. The van der Waals surface area contributed by atoms with Crippen molar-refractivity contribution < 1.29 is 31.5 Å². The highest BCUT2D eigenvalue weighted by Crippen LogP contribution is 2.39. The minimum Gasteiger partial charge on any atom is -0.423 e. The first kappa shape index (κ1) is 21.5. The molecule has 2 aliphatic rings. The molecule has 2 aliphatic heterocycles. The Morgan fingerprint density at radius 2 is 1.76 bits per heavy atom. The Labute approximate surface area is 168 Å². The molecule has 160 valence electrons. The van der Waals surface area contributed by atoms with Gasteiger partial charge in [-0.15, -0.1) is 0 Å². The van der Waals surface area contributed by atoms with Gasteiger partial charge in [0.05, 0.1) is 15.2 Å². The van der Waals surface area contributed by atoms with Crippen molar-refractivity contribution in [3.8, 4) is 5.75 Å². The monoisotopic (exact) mass is 430 g/mol. The number of halogens is 2. The molecular weight excluding hydrogens is 406 g/mol. The molecule has 7 nitrogen and oxygen atoms in total. The lowest BCUT2D eigenvalue weighted by atomic mass is 10.1. The second-order valence-electron chi connectivity index (χ2n) is 8.57. The number of hydrogen-bond acceptors (Lipinski definition) is 5. The van der Waals surface area contributed by atoms with Crippen molar-refractivity contribution in [1.82, 2.24) is 4.90 Å². The maximum absolute atomic E-state index is 14.0. The van der Waals surface area contributed by atoms with E-state index in [2.05, 4.69) is 4.74 Å². The number of benzene rings is 1. The van der Waals surface area contributed by atoms with E-state index in [0.29, 0.717) is 4.90 Å². The molecule has 0 spiro atoms. The van der Waals surface area contributed by atoms with Gasteiger partial charge in [-0.05, 0) is 46.2 Å². The van der Waals surface area contributed by atoms with Gasteiger partial charge in [0.2, 0.25) is 5.91 Å². The Bertz CT molecular complexity index is 959. The molecule has 2 heterocycles. The molecule has 3 rings (SSSR count). The summed E-state index contributed by atoms with van der Waals surface area (Å²) in [6.45, 7) is 5.73. The third-order valence-electron chi connectivity index (χ3n) is 5.54. The first-order valence-corrected chi connectivity index (χ1v) is 10.7. The third-order valence-corrected chi connectivity index (χ3v) is 8.79. The predicted molar refractivity (Wildman–Crippen MR) is 103 cm³/mol. The smallest absolute Gasteiger partial charge is 0.423 e. The summed E-state index contributed by atoms with van der Waals surface area (Å²) < 4.78 is 56.0. The van der Waals surface area contributed by atoms with Gasteiger partial charge in [-0.3, -0.25) is 14.5 Å². The summed E-state index contributed by atoms with van der Waals surface area (Å²) in [6.07, 6.45) is -3.88. The molecule has 0 radical (unpaired) electrons. The van der Waals surface area contributed by atoms with E-state index >= 15 is 0 Å². The maximum Gasteiger partial charge on any atom is 0.482 e. The van der Waals surface area contributed by atoms with Crippen LogP contribution in [-0.4, -0.2) is 60.4 Å². The van der Waals surface area contributed by atoms with Crippen LogP contribution < -0.4 is 9.64 Å². The molecule has 0 aromatic heterocycles. The van der Waals surface area contributed by atoms with E-state index < -0.39 is 43.8 Å². The largest absolute Gasteiger partial charge is 0.482 e. The van der Waals surface area contributed by atoms with Crippen LogP contribution in [0.3, 0.4) is 0 Å². The minimum atomic E-state index is -4.09. The Morgan fingerprint density at radius 3 is 2.41 bits per heavy atom. The van der Waals surface area contributed by atoms with E-state index in [1.54, 1.807) is 33.8 Å². The quantitative estimate of drug-likeness (QED) is 0.718. The van der Waals surface area contributed by atoms with Crippen LogP contribution in [0.2, 0.25) is 0 Å². The molecule has 1 aromatic rings. The SMILES string of the molecule is CC1(C)CCN(C(=O)CN2C(=O)C(F)(F)Oc3ccccc32)CC(C)(C)S1(=O)=O. The highest BCUT2D eigenvalue weighted by molar-refractivity contribution is 7.94. The Hall–Kier alpha value is -2.23. The summed E-state index contributed by atoms with van der Waals surface area (Å²) in [5.41, 5.74) is 0.0683. The van der Waals surface area contributed by atoms with E-state index in [0.717, 1.165) is 0 Å². The predicted octanol–water partition coefficient (Wildman–Crippen LogP) is 2.21. The van der Waals surface area contributed by atoms with E-state index in [4.69, 9.17) is 0 Å². The van der Waals surface area contributed by atoms with Gasteiger partial charge in [-0.25, -0.2) is 8.42 Å². The molecule has 2 amide bonds. The fraction of sp³-hybridized carbons (Fsp3) is 0.579. The lowest BCUT2D eigenvalue weighted by Gasteiger charge is -2.35. The molecule has 1 aromatic carbocycles. The van der Waals surface area contributed by atoms with Crippen molar-refractivity contribution in [2.75, 3.05) is 24.5 Å². The van der Waals surface area contributed by atoms with E-state index in [1.807, 2.05) is 0 Å². The summed E-state index contributed by atoms with van der Waals surface area (Å²) in [4.78, 5) is 27.2. The van der Waals surface area contributed by atoms with Gasteiger partial charge in [-0.1, -0.05) is 12.1 Å².